The van der Waals surface area contributed by atoms with Crippen LogP contribution in [0.5, 0.6) is 11.5 Å². The predicted octanol–water partition coefficient (Wildman–Crippen LogP) is 2.24. The molecule has 7 heteroatoms. The molecule has 1 aromatic heterocycles. The molecular formula is C12H15ClN4O2. The molecule has 102 valence electrons. The first-order valence-corrected chi connectivity index (χ1v) is 5.30. The van der Waals surface area contributed by atoms with Gasteiger partial charge in [-0.1, -0.05) is 0 Å². The summed E-state index contributed by atoms with van der Waals surface area (Å²) in [5.41, 5.74) is 6.33. The van der Waals surface area contributed by atoms with E-state index in [9.17, 15) is 0 Å². The monoisotopic (exact) mass is 282 g/mol. The third-order valence-corrected chi connectivity index (χ3v) is 2.33. The van der Waals surface area contributed by atoms with Gasteiger partial charge in [0.25, 0.3) is 0 Å². The highest BCUT2D eigenvalue weighted by atomic mass is 35.5. The molecule has 2 aromatic rings. The maximum Gasteiger partial charge on any atom is 0.221 e. The van der Waals surface area contributed by atoms with E-state index in [1.807, 2.05) is 18.2 Å². The Morgan fingerprint density at radius 3 is 2.47 bits per heavy atom. The van der Waals surface area contributed by atoms with E-state index in [0.717, 1.165) is 5.69 Å². The van der Waals surface area contributed by atoms with Crippen molar-refractivity contribution >= 4 is 29.9 Å². The van der Waals surface area contributed by atoms with E-state index in [1.165, 1.54) is 0 Å². The summed E-state index contributed by atoms with van der Waals surface area (Å²) in [5, 5.41) is 3.10. The van der Waals surface area contributed by atoms with Crippen molar-refractivity contribution in [1.29, 1.82) is 0 Å². The highest BCUT2D eigenvalue weighted by Crippen LogP contribution is 2.30. The molecular weight excluding hydrogens is 268 g/mol. The van der Waals surface area contributed by atoms with Crippen molar-refractivity contribution in [2.45, 2.75) is 0 Å². The van der Waals surface area contributed by atoms with E-state index >= 15 is 0 Å². The van der Waals surface area contributed by atoms with Crippen LogP contribution in [0.1, 0.15) is 0 Å². The minimum absolute atomic E-state index is 0. The quantitative estimate of drug-likeness (QED) is 0.895. The molecule has 0 radical (unpaired) electrons. The maximum atomic E-state index is 5.51. The van der Waals surface area contributed by atoms with Crippen LogP contribution < -0.4 is 20.5 Å². The molecule has 0 aliphatic carbocycles. The molecule has 19 heavy (non-hydrogen) atoms. The Balaban J connectivity index is 0.00000180. The van der Waals surface area contributed by atoms with Gasteiger partial charge in [0.1, 0.15) is 5.82 Å². The molecule has 2 rings (SSSR count). The zero-order valence-electron chi connectivity index (χ0n) is 10.6. The van der Waals surface area contributed by atoms with Crippen LogP contribution in [0.3, 0.4) is 0 Å². The average Bonchev–Trinajstić information content (AvgIpc) is 2.38. The Morgan fingerprint density at radius 2 is 1.84 bits per heavy atom. The largest absolute Gasteiger partial charge is 0.493 e. The number of rotatable bonds is 4. The first kappa shape index (κ1) is 14.8. The molecule has 0 amide bonds. The van der Waals surface area contributed by atoms with E-state index in [0.29, 0.717) is 17.3 Å². The van der Waals surface area contributed by atoms with Gasteiger partial charge in [-0.2, -0.15) is 4.98 Å². The van der Waals surface area contributed by atoms with E-state index in [-0.39, 0.29) is 18.4 Å². The zero-order valence-corrected chi connectivity index (χ0v) is 11.4. The molecule has 0 saturated heterocycles. The van der Waals surface area contributed by atoms with Gasteiger partial charge in [0, 0.05) is 18.0 Å². The lowest BCUT2D eigenvalue weighted by Gasteiger charge is -2.10. The molecule has 0 aliphatic heterocycles. The van der Waals surface area contributed by atoms with Crippen LogP contribution in [0.4, 0.5) is 17.5 Å². The first-order valence-electron chi connectivity index (χ1n) is 5.30. The van der Waals surface area contributed by atoms with Crippen molar-refractivity contribution in [2.24, 2.45) is 0 Å². The van der Waals surface area contributed by atoms with Gasteiger partial charge in [0.2, 0.25) is 5.95 Å². The van der Waals surface area contributed by atoms with Crippen molar-refractivity contribution in [3.63, 3.8) is 0 Å². The summed E-state index contributed by atoms with van der Waals surface area (Å²) < 4.78 is 10.4. The zero-order chi connectivity index (χ0) is 13.0. The van der Waals surface area contributed by atoms with Gasteiger partial charge >= 0.3 is 0 Å². The lowest BCUT2D eigenvalue weighted by Crippen LogP contribution is -1.99. The molecule has 0 fully saturated rings. The molecule has 0 spiro atoms. The standard InChI is InChI=1S/C12H14N4O2.ClH/c1-17-9-4-3-8(7-10(9)18-2)15-11-5-6-14-12(13)16-11;/h3-7H,1-2H3,(H3,13,14,15,16);1H. The summed E-state index contributed by atoms with van der Waals surface area (Å²) in [6.45, 7) is 0. The van der Waals surface area contributed by atoms with E-state index in [4.69, 9.17) is 15.2 Å². The topological polar surface area (TPSA) is 82.3 Å². The number of nitrogens with zero attached hydrogens (tertiary/aromatic N) is 2. The second kappa shape index (κ2) is 6.65. The summed E-state index contributed by atoms with van der Waals surface area (Å²) in [6.07, 6.45) is 1.59. The van der Waals surface area contributed by atoms with Gasteiger partial charge in [0.05, 0.1) is 14.2 Å². The summed E-state index contributed by atoms with van der Waals surface area (Å²) in [7, 11) is 3.18. The molecule has 0 aliphatic rings. The SMILES string of the molecule is COc1ccc(Nc2ccnc(N)n2)cc1OC.Cl. The van der Waals surface area contributed by atoms with Gasteiger partial charge in [-0.15, -0.1) is 12.4 Å². The van der Waals surface area contributed by atoms with Crippen LogP contribution >= 0.6 is 12.4 Å². The van der Waals surface area contributed by atoms with Crippen molar-refractivity contribution in [1.82, 2.24) is 9.97 Å². The molecule has 3 N–H and O–H groups in total. The molecule has 6 nitrogen and oxygen atoms in total. The Bertz CT molecular complexity index is 551. The van der Waals surface area contributed by atoms with Crippen LogP contribution in [-0.4, -0.2) is 24.2 Å². The minimum atomic E-state index is 0. The second-order valence-electron chi connectivity index (χ2n) is 3.49. The van der Waals surface area contributed by atoms with Crippen molar-refractivity contribution < 1.29 is 9.47 Å². The highest BCUT2D eigenvalue weighted by molar-refractivity contribution is 5.85. The number of hydrogen-bond donors (Lipinski definition) is 2. The van der Waals surface area contributed by atoms with Crippen LogP contribution in [-0.2, 0) is 0 Å². The normalized spacial score (nSPS) is 9.37. The molecule has 0 unspecified atom stereocenters. The molecule has 0 atom stereocenters. The number of anilines is 3. The Labute approximate surface area is 117 Å². The van der Waals surface area contributed by atoms with E-state index < -0.39 is 0 Å². The lowest BCUT2D eigenvalue weighted by molar-refractivity contribution is 0.355. The Hall–Kier alpha value is -2.21. The van der Waals surface area contributed by atoms with Crippen LogP contribution in [0.2, 0.25) is 0 Å². The van der Waals surface area contributed by atoms with Gasteiger partial charge in [-0.05, 0) is 18.2 Å². The minimum Gasteiger partial charge on any atom is -0.493 e. The number of methoxy groups -OCH3 is 2. The average molecular weight is 283 g/mol. The highest BCUT2D eigenvalue weighted by Gasteiger charge is 2.05. The van der Waals surface area contributed by atoms with Crippen LogP contribution in [0.15, 0.2) is 30.5 Å². The fourth-order valence-corrected chi connectivity index (χ4v) is 1.51. The summed E-state index contributed by atoms with van der Waals surface area (Å²) in [5.74, 6) is 2.16. The molecule has 0 bridgehead atoms. The molecule has 1 aromatic carbocycles. The van der Waals surface area contributed by atoms with Gasteiger partial charge in [-0.3, -0.25) is 0 Å². The maximum absolute atomic E-state index is 5.51. The fraction of sp³-hybridized carbons (Fsp3) is 0.167. The second-order valence-corrected chi connectivity index (χ2v) is 3.49. The number of ether oxygens (including phenoxy) is 2. The number of benzene rings is 1. The van der Waals surface area contributed by atoms with Crippen LogP contribution in [0.25, 0.3) is 0 Å². The summed E-state index contributed by atoms with van der Waals surface area (Å²) in [4.78, 5) is 7.87. The van der Waals surface area contributed by atoms with E-state index in [2.05, 4.69) is 15.3 Å². The fourth-order valence-electron chi connectivity index (χ4n) is 1.51. The number of nitrogens with two attached hydrogens (primary N) is 1. The molecule has 1 heterocycles. The smallest absolute Gasteiger partial charge is 0.221 e. The number of nitrogen functional groups attached to an aromatic ring is 1. The first-order chi connectivity index (χ1) is 8.72. The Morgan fingerprint density at radius 1 is 1.11 bits per heavy atom. The number of halogens is 1. The number of hydrogen-bond acceptors (Lipinski definition) is 6. The van der Waals surface area contributed by atoms with Gasteiger partial charge < -0.3 is 20.5 Å². The van der Waals surface area contributed by atoms with Gasteiger partial charge in [-0.25, -0.2) is 4.98 Å². The third kappa shape index (κ3) is 3.62. The predicted molar refractivity (Wildman–Crippen MR) is 76.5 cm³/mol. The number of nitrogens with one attached hydrogen (secondary N) is 1. The van der Waals surface area contributed by atoms with Gasteiger partial charge in [0.15, 0.2) is 11.5 Å². The third-order valence-electron chi connectivity index (χ3n) is 2.33. The van der Waals surface area contributed by atoms with Crippen LogP contribution in [0, 0.1) is 0 Å². The number of aromatic nitrogens is 2. The van der Waals surface area contributed by atoms with Crippen molar-refractivity contribution in [3.8, 4) is 11.5 Å². The van der Waals surface area contributed by atoms with E-state index in [1.54, 1.807) is 26.5 Å². The molecule has 0 saturated carbocycles. The Kier molecular flexibility index (Phi) is 5.20. The van der Waals surface area contributed by atoms with Crippen molar-refractivity contribution in [3.05, 3.63) is 30.5 Å². The summed E-state index contributed by atoms with van der Waals surface area (Å²) >= 11 is 0. The van der Waals surface area contributed by atoms with Crippen molar-refractivity contribution in [2.75, 3.05) is 25.3 Å². The lowest BCUT2D eigenvalue weighted by atomic mass is 10.2. The summed E-state index contributed by atoms with van der Waals surface area (Å²) in [6, 6.07) is 7.22.